The minimum atomic E-state index is -0.525. The van der Waals surface area contributed by atoms with Crippen molar-refractivity contribution in [1.82, 2.24) is 15.5 Å². The van der Waals surface area contributed by atoms with Gasteiger partial charge >= 0.3 is 12.1 Å². The summed E-state index contributed by atoms with van der Waals surface area (Å²) < 4.78 is 15.4. The number of methoxy groups -OCH3 is 2. The smallest absolute Gasteiger partial charge is 0.407 e. The van der Waals surface area contributed by atoms with Gasteiger partial charge in [0, 0.05) is 19.6 Å². The second-order valence-corrected chi connectivity index (χ2v) is 8.27. The van der Waals surface area contributed by atoms with Crippen molar-refractivity contribution in [2.75, 3.05) is 33.9 Å². The van der Waals surface area contributed by atoms with E-state index in [2.05, 4.69) is 15.5 Å². The second-order valence-electron chi connectivity index (χ2n) is 8.27. The number of esters is 1. The van der Waals surface area contributed by atoms with Crippen LogP contribution in [0.4, 0.5) is 4.79 Å². The summed E-state index contributed by atoms with van der Waals surface area (Å²) >= 11 is 0. The minimum Gasteiger partial charge on any atom is -0.496 e. The minimum absolute atomic E-state index is 0. The van der Waals surface area contributed by atoms with E-state index in [0.29, 0.717) is 24.4 Å². The molecule has 1 amide bonds. The van der Waals surface area contributed by atoms with Crippen LogP contribution in [0.1, 0.15) is 50.0 Å². The van der Waals surface area contributed by atoms with E-state index >= 15 is 0 Å². The van der Waals surface area contributed by atoms with E-state index < -0.39 is 17.7 Å². The first-order valence-corrected chi connectivity index (χ1v) is 10.4. The Labute approximate surface area is 207 Å². The molecular formula is C22H35IN4O5. The first-order chi connectivity index (χ1) is 14.7. The molecule has 180 valence electrons. The molecule has 10 heteroatoms. The lowest BCUT2D eigenvalue weighted by atomic mass is 10.1. The van der Waals surface area contributed by atoms with Crippen LogP contribution in [-0.4, -0.2) is 68.4 Å². The van der Waals surface area contributed by atoms with Crippen LogP contribution in [0.25, 0.3) is 0 Å². The van der Waals surface area contributed by atoms with E-state index in [0.717, 1.165) is 31.0 Å². The molecule has 0 bridgehead atoms. The number of nitrogens with zero attached hydrogens (tertiary/aromatic N) is 2. The van der Waals surface area contributed by atoms with E-state index in [-0.39, 0.29) is 30.0 Å². The zero-order valence-corrected chi connectivity index (χ0v) is 22.0. The number of halogens is 1. The predicted molar refractivity (Wildman–Crippen MR) is 134 cm³/mol. The van der Waals surface area contributed by atoms with Crippen LogP contribution in [0.5, 0.6) is 5.75 Å². The Bertz CT molecular complexity index is 810. The number of carbonyl (C=O) groups excluding carboxylic acids is 2. The number of nitrogens with one attached hydrogen (secondary N) is 2. The normalized spacial score (nSPS) is 16.1. The van der Waals surface area contributed by atoms with Crippen molar-refractivity contribution in [3.05, 3.63) is 29.3 Å². The highest BCUT2D eigenvalue weighted by atomic mass is 127. The molecule has 2 N–H and O–H groups in total. The summed E-state index contributed by atoms with van der Waals surface area (Å²) in [6.07, 6.45) is 0.407. The zero-order valence-electron chi connectivity index (χ0n) is 19.7. The van der Waals surface area contributed by atoms with Crippen LogP contribution >= 0.6 is 24.0 Å². The third kappa shape index (κ3) is 8.36. The molecule has 1 heterocycles. The molecule has 1 aromatic rings. The molecule has 0 aromatic heterocycles. The van der Waals surface area contributed by atoms with Crippen LogP contribution in [0.2, 0.25) is 0 Å². The number of amides is 1. The fourth-order valence-electron chi connectivity index (χ4n) is 3.25. The molecule has 0 unspecified atom stereocenters. The maximum absolute atomic E-state index is 12.0. The molecule has 1 aliphatic heterocycles. The largest absolute Gasteiger partial charge is 0.496 e. The number of benzene rings is 1. The van der Waals surface area contributed by atoms with Gasteiger partial charge in [0.1, 0.15) is 16.9 Å². The molecular weight excluding hydrogens is 527 g/mol. The van der Waals surface area contributed by atoms with E-state index in [1.54, 1.807) is 12.1 Å². The summed E-state index contributed by atoms with van der Waals surface area (Å²) in [4.78, 5) is 30.7. The van der Waals surface area contributed by atoms with Crippen molar-refractivity contribution in [2.45, 2.75) is 52.3 Å². The Balaban J connectivity index is 0.00000512. The Morgan fingerprint density at radius 2 is 1.97 bits per heavy atom. The van der Waals surface area contributed by atoms with E-state index in [9.17, 15) is 9.59 Å². The maximum atomic E-state index is 12.0. The number of hydrogen-bond acceptors (Lipinski definition) is 6. The maximum Gasteiger partial charge on any atom is 0.407 e. The van der Waals surface area contributed by atoms with Crippen molar-refractivity contribution in [1.29, 1.82) is 0 Å². The lowest BCUT2D eigenvalue weighted by Gasteiger charge is -2.23. The number of rotatable bonds is 6. The quantitative estimate of drug-likeness (QED) is 0.238. The number of hydrogen-bond donors (Lipinski definition) is 2. The van der Waals surface area contributed by atoms with Crippen molar-refractivity contribution in [3.8, 4) is 5.75 Å². The van der Waals surface area contributed by atoms with Crippen molar-refractivity contribution >= 4 is 42.0 Å². The molecule has 9 nitrogen and oxygen atoms in total. The molecule has 1 fully saturated rings. The van der Waals surface area contributed by atoms with Crippen LogP contribution < -0.4 is 15.4 Å². The molecule has 0 spiro atoms. The number of guanidine groups is 1. The summed E-state index contributed by atoms with van der Waals surface area (Å²) in [7, 11) is 2.85. The van der Waals surface area contributed by atoms with Gasteiger partial charge in [-0.3, -0.25) is 0 Å². The molecule has 1 atom stereocenters. The number of likely N-dealkylation sites (tertiary alicyclic amines) is 1. The Morgan fingerprint density at radius 3 is 2.56 bits per heavy atom. The lowest BCUT2D eigenvalue weighted by Crippen LogP contribution is -2.44. The summed E-state index contributed by atoms with van der Waals surface area (Å²) in [6, 6.07) is 5.30. The van der Waals surface area contributed by atoms with Crippen molar-refractivity contribution < 1.29 is 23.8 Å². The van der Waals surface area contributed by atoms with E-state index in [4.69, 9.17) is 19.2 Å². The molecule has 1 aliphatic rings. The summed E-state index contributed by atoms with van der Waals surface area (Å²) in [5.41, 5.74) is 0.756. The third-order valence-electron chi connectivity index (χ3n) is 4.63. The second kappa shape index (κ2) is 12.7. The molecule has 0 radical (unpaired) electrons. The molecule has 0 saturated carbocycles. The van der Waals surface area contributed by atoms with Gasteiger partial charge in [0.05, 0.1) is 26.8 Å². The summed E-state index contributed by atoms with van der Waals surface area (Å²) in [6.45, 7) is 10.1. The average Bonchev–Trinajstić information content (AvgIpc) is 3.16. The highest BCUT2D eigenvalue weighted by Gasteiger charge is 2.27. The van der Waals surface area contributed by atoms with Gasteiger partial charge in [-0.2, -0.15) is 0 Å². The molecule has 32 heavy (non-hydrogen) atoms. The van der Waals surface area contributed by atoms with Gasteiger partial charge in [0.15, 0.2) is 5.96 Å². The van der Waals surface area contributed by atoms with Gasteiger partial charge in [-0.25, -0.2) is 14.6 Å². The fourth-order valence-corrected chi connectivity index (χ4v) is 3.25. The Kier molecular flexibility index (Phi) is 11.0. The SMILES string of the molecule is CCNC(=NCc1ccc(C(=O)OC)c(OC)c1)N1CC[C@@H](NC(=O)OC(C)(C)C)C1.I. The fraction of sp³-hybridized carbons (Fsp3) is 0.591. The van der Waals surface area contributed by atoms with Crippen LogP contribution in [0.15, 0.2) is 23.2 Å². The van der Waals surface area contributed by atoms with Gasteiger partial charge in [-0.1, -0.05) is 6.07 Å². The number of alkyl carbamates (subject to hydrolysis) is 1. The Morgan fingerprint density at radius 1 is 1.25 bits per heavy atom. The molecule has 1 aromatic carbocycles. The molecule has 1 saturated heterocycles. The third-order valence-corrected chi connectivity index (χ3v) is 4.63. The topological polar surface area (TPSA) is 101 Å². The van der Waals surface area contributed by atoms with Crippen LogP contribution in [0, 0.1) is 0 Å². The number of aliphatic imine (C=N–C) groups is 1. The van der Waals surface area contributed by atoms with Crippen molar-refractivity contribution in [2.24, 2.45) is 4.99 Å². The molecule has 2 rings (SSSR count). The van der Waals surface area contributed by atoms with Crippen LogP contribution in [-0.2, 0) is 16.0 Å². The number of carbonyl (C=O) groups is 2. The number of ether oxygens (including phenoxy) is 3. The predicted octanol–water partition coefficient (Wildman–Crippen LogP) is 3.16. The average molecular weight is 562 g/mol. The highest BCUT2D eigenvalue weighted by Crippen LogP contribution is 2.22. The van der Waals surface area contributed by atoms with E-state index in [1.165, 1.54) is 14.2 Å². The first kappa shape index (κ1) is 27.8. The summed E-state index contributed by atoms with van der Waals surface area (Å²) in [5, 5.41) is 6.23. The Hall–Kier alpha value is -2.24. The van der Waals surface area contributed by atoms with Gasteiger partial charge in [0.25, 0.3) is 0 Å². The van der Waals surface area contributed by atoms with Crippen LogP contribution in [0.3, 0.4) is 0 Å². The van der Waals surface area contributed by atoms with Gasteiger partial charge in [-0.05, 0) is 51.8 Å². The lowest BCUT2D eigenvalue weighted by molar-refractivity contribution is 0.0506. The van der Waals surface area contributed by atoms with Gasteiger partial charge < -0.3 is 29.7 Å². The van der Waals surface area contributed by atoms with Gasteiger partial charge in [0.2, 0.25) is 0 Å². The zero-order chi connectivity index (χ0) is 23.0. The molecule has 0 aliphatic carbocycles. The first-order valence-electron chi connectivity index (χ1n) is 10.4. The standard InChI is InChI=1S/C22H34N4O5.HI/c1-7-23-20(26-11-10-16(14-26)25-21(28)31-22(2,3)4)24-13-15-8-9-17(19(27)30-6)18(12-15)29-5;/h8-9,12,16H,7,10-11,13-14H2,1-6H3,(H,23,24)(H,25,28);1H/t16-;/m1./s1. The monoisotopic (exact) mass is 562 g/mol. The van der Waals surface area contributed by atoms with Gasteiger partial charge in [-0.15, -0.1) is 24.0 Å². The highest BCUT2D eigenvalue weighted by molar-refractivity contribution is 14.0. The van der Waals surface area contributed by atoms with Crippen molar-refractivity contribution in [3.63, 3.8) is 0 Å². The van der Waals surface area contributed by atoms with E-state index in [1.807, 2.05) is 33.8 Å². The summed E-state index contributed by atoms with van der Waals surface area (Å²) in [5.74, 6) is 0.778.